The molecule has 182 valence electrons. The normalized spacial score (nSPS) is 18.1. The first-order valence-electron chi connectivity index (χ1n) is 12.1. The quantitative estimate of drug-likeness (QED) is 0.393. The predicted octanol–water partition coefficient (Wildman–Crippen LogP) is 6.54. The van der Waals surface area contributed by atoms with E-state index in [0.29, 0.717) is 12.4 Å². The van der Waals surface area contributed by atoms with Gasteiger partial charge in [-0.25, -0.2) is 0 Å². The molecular weight excluding hydrogens is 462 g/mol. The fourth-order valence-electron chi connectivity index (χ4n) is 4.87. The van der Waals surface area contributed by atoms with Crippen molar-refractivity contribution in [3.8, 4) is 23.0 Å². The molecule has 2 heterocycles. The number of rotatable bonds is 7. The van der Waals surface area contributed by atoms with Gasteiger partial charge in [0, 0.05) is 30.8 Å². The number of ether oxygens (including phenoxy) is 2. The van der Waals surface area contributed by atoms with Crippen LogP contribution in [0.3, 0.4) is 0 Å². The smallest absolute Gasteiger partial charge is 0.150 e. The molecule has 6 heteroatoms. The summed E-state index contributed by atoms with van der Waals surface area (Å²) < 4.78 is 12.4. The van der Waals surface area contributed by atoms with E-state index in [9.17, 15) is 10.2 Å². The fraction of sp³-hybridized carbons (Fsp3) is 0.310. The van der Waals surface area contributed by atoms with E-state index in [0.717, 1.165) is 46.0 Å². The maximum Gasteiger partial charge on any atom is 0.150 e. The number of phenols is 2. The number of benzene rings is 3. The minimum atomic E-state index is -0.381. The van der Waals surface area contributed by atoms with Crippen molar-refractivity contribution < 1.29 is 19.7 Å². The van der Waals surface area contributed by atoms with E-state index in [-0.39, 0.29) is 22.6 Å². The first-order valence-corrected chi connectivity index (χ1v) is 12.5. The van der Waals surface area contributed by atoms with Crippen molar-refractivity contribution >= 4 is 22.7 Å². The van der Waals surface area contributed by atoms with Crippen LogP contribution in [0.4, 0.5) is 0 Å². The number of halogens is 1. The van der Waals surface area contributed by atoms with Gasteiger partial charge in [0.2, 0.25) is 0 Å². The zero-order valence-electron chi connectivity index (χ0n) is 20.0. The summed E-state index contributed by atoms with van der Waals surface area (Å²) in [5.41, 5.74) is 4.57. The Balaban J connectivity index is 1.40. The average molecular weight is 492 g/mol. The minimum absolute atomic E-state index is 0.0323. The topological polar surface area (TPSA) is 62.2 Å². The molecular formula is C29H30ClNO4. The number of aromatic hydroxyl groups is 2. The van der Waals surface area contributed by atoms with Gasteiger partial charge < -0.3 is 19.7 Å². The predicted molar refractivity (Wildman–Crippen MR) is 139 cm³/mol. The Morgan fingerprint density at radius 1 is 1.03 bits per heavy atom. The summed E-state index contributed by atoms with van der Waals surface area (Å²) in [4.78, 5) is 2.43. The third kappa shape index (κ3) is 4.84. The maximum atomic E-state index is 10.1. The first-order chi connectivity index (χ1) is 16.9. The van der Waals surface area contributed by atoms with Crippen LogP contribution in [0.15, 0.2) is 60.7 Å². The molecule has 0 amide bonds. The van der Waals surface area contributed by atoms with Gasteiger partial charge in [0.15, 0.2) is 0 Å². The lowest BCUT2D eigenvalue weighted by atomic mass is 9.86. The average Bonchev–Trinajstić information content (AvgIpc) is 2.83. The van der Waals surface area contributed by atoms with Crippen LogP contribution in [0.25, 0.3) is 11.1 Å². The van der Waals surface area contributed by atoms with Crippen molar-refractivity contribution in [2.75, 3.05) is 26.2 Å². The summed E-state index contributed by atoms with van der Waals surface area (Å²) in [6.07, 6.45) is 0.869. The highest BCUT2D eigenvalue weighted by Gasteiger charge is 2.30. The molecule has 1 saturated heterocycles. The zero-order chi connectivity index (χ0) is 24.5. The Labute approximate surface area is 211 Å². The molecule has 2 aliphatic rings. The third-order valence-electron chi connectivity index (χ3n) is 7.01. The van der Waals surface area contributed by atoms with Gasteiger partial charge in [-0.15, -0.1) is 0 Å². The Bertz CT molecular complexity index is 1250. The van der Waals surface area contributed by atoms with E-state index >= 15 is 0 Å². The van der Waals surface area contributed by atoms with Crippen LogP contribution >= 0.6 is 11.6 Å². The van der Waals surface area contributed by atoms with E-state index in [1.165, 1.54) is 19.5 Å². The van der Waals surface area contributed by atoms with Crippen LogP contribution in [-0.4, -0.2) is 41.4 Å². The molecule has 1 fully saturated rings. The highest BCUT2D eigenvalue weighted by molar-refractivity contribution is 6.32. The second-order valence-corrected chi connectivity index (χ2v) is 9.74. The molecule has 0 radical (unpaired) electrons. The molecule has 35 heavy (non-hydrogen) atoms. The number of allylic oxidation sites excluding steroid dienone is 1. The molecule has 2 aliphatic heterocycles. The van der Waals surface area contributed by atoms with Crippen LogP contribution in [0.5, 0.6) is 23.0 Å². The van der Waals surface area contributed by atoms with Gasteiger partial charge in [-0.1, -0.05) is 43.1 Å². The van der Waals surface area contributed by atoms with Crippen molar-refractivity contribution in [3.05, 3.63) is 82.4 Å². The lowest BCUT2D eigenvalue weighted by molar-refractivity contribution is 0.0806. The molecule has 0 saturated carbocycles. The first kappa shape index (κ1) is 23.6. The molecule has 0 spiro atoms. The third-order valence-corrected chi connectivity index (χ3v) is 7.31. The Morgan fingerprint density at radius 2 is 1.80 bits per heavy atom. The molecule has 2 N–H and O–H groups in total. The number of phenolic OH excluding ortho intramolecular Hbond substituents is 2. The molecule has 5 rings (SSSR count). The molecule has 3 aromatic carbocycles. The summed E-state index contributed by atoms with van der Waals surface area (Å²) in [5.74, 6) is 2.59. The fourth-order valence-corrected chi connectivity index (χ4v) is 5.05. The molecule has 0 bridgehead atoms. The molecule has 1 atom stereocenters. The summed E-state index contributed by atoms with van der Waals surface area (Å²) in [6.45, 7) is 8.22. The van der Waals surface area contributed by atoms with Crippen LogP contribution in [-0.2, 0) is 0 Å². The number of hydrogen-bond acceptors (Lipinski definition) is 5. The highest BCUT2D eigenvalue weighted by atomic mass is 35.5. The second kappa shape index (κ2) is 9.84. The van der Waals surface area contributed by atoms with E-state index in [1.54, 1.807) is 30.3 Å². The van der Waals surface area contributed by atoms with Gasteiger partial charge in [-0.05, 0) is 72.0 Å². The van der Waals surface area contributed by atoms with E-state index < -0.39 is 0 Å². The van der Waals surface area contributed by atoms with Gasteiger partial charge in [-0.2, -0.15) is 0 Å². The summed E-state index contributed by atoms with van der Waals surface area (Å²) in [5, 5.41) is 20.3. The molecule has 1 unspecified atom stereocenters. The van der Waals surface area contributed by atoms with Crippen molar-refractivity contribution in [2.24, 2.45) is 5.92 Å². The van der Waals surface area contributed by atoms with Crippen LogP contribution in [0, 0.1) is 5.92 Å². The van der Waals surface area contributed by atoms with Gasteiger partial charge in [0.05, 0.1) is 5.02 Å². The second-order valence-electron chi connectivity index (χ2n) is 9.33. The Morgan fingerprint density at radius 3 is 2.51 bits per heavy atom. The van der Waals surface area contributed by atoms with Gasteiger partial charge in [0.1, 0.15) is 35.7 Å². The number of hydrogen-bond donors (Lipinski definition) is 2. The molecule has 0 aliphatic carbocycles. The zero-order valence-corrected chi connectivity index (χ0v) is 20.8. The van der Waals surface area contributed by atoms with Crippen LogP contribution in [0.2, 0.25) is 5.02 Å². The molecule has 5 nitrogen and oxygen atoms in total. The summed E-state index contributed by atoms with van der Waals surface area (Å²) >= 11 is 6.25. The summed E-state index contributed by atoms with van der Waals surface area (Å²) in [7, 11) is 0. The van der Waals surface area contributed by atoms with Crippen molar-refractivity contribution in [1.82, 2.24) is 4.90 Å². The van der Waals surface area contributed by atoms with E-state index in [1.807, 2.05) is 37.3 Å². The van der Waals surface area contributed by atoms with Gasteiger partial charge in [0.25, 0.3) is 0 Å². The van der Waals surface area contributed by atoms with Crippen LogP contribution in [0.1, 0.15) is 43.1 Å². The monoisotopic (exact) mass is 491 g/mol. The molecule has 3 aromatic rings. The van der Waals surface area contributed by atoms with E-state index in [2.05, 4.69) is 11.8 Å². The maximum absolute atomic E-state index is 10.1. The minimum Gasteiger partial charge on any atom is -0.508 e. The standard InChI is InChI=1S/C29H30ClNO4/c1-3-19-16-31(17-19)12-13-34-23-8-4-20(5-9-23)29-28(21-6-10-26(33)25(30)14-21)18(2)24-15-22(32)7-11-27(24)35-29/h4-11,14-15,19,29,32-33H,3,12-13,16-17H2,1-2H3. The Kier molecular flexibility index (Phi) is 6.63. The Hall–Kier alpha value is -3.15. The van der Waals surface area contributed by atoms with Gasteiger partial charge in [-0.3, -0.25) is 4.90 Å². The van der Waals surface area contributed by atoms with Crippen molar-refractivity contribution in [2.45, 2.75) is 26.4 Å². The highest BCUT2D eigenvalue weighted by Crippen LogP contribution is 2.48. The summed E-state index contributed by atoms with van der Waals surface area (Å²) in [6, 6.07) is 18.3. The van der Waals surface area contributed by atoms with Crippen molar-refractivity contribution in [1.29, 1.82) is 0 Å². The molecule has 0 aromatic heterocycles. The largest absolute Gasteiger partial charge is 0.508 e. The van der Waals surface area contributed by atoms with E-state index in [4.69, 9.17) is 21.1 Å². The van der Waals surface area contributed by atoms with Crippen molar-refractivity contribution in [3.63, 3.8) is 0 Å². The number of likely N-dealkylation sites (tertiary alicyclic amines) is 1. The SMILES string of the molecule is CCC1CN(CCOc2ccc(C3Oc4ccc(O)cc4C(C)=C3c3ccc(O)c(Cl)c3)cc2)C1. The van der Waals surface area contributed by atoms with Crippen LogP contribution < -0.4 is 9.47 Å². The number of fused-ring (bicyclic) bond motifs is 1. The lowest BCUT2D eigenvalue weighted by Gasteiger charge is -2.38. The van der Waals surface area contributed by atoms with Gasteiger partial charge >= 0.3 is 0 Å². The number of nitrogens with zero attached hydrogens (tertiary/aromatic N) is 1. The lowest BCUT2D eigenvalue weighted by Crippen LogP contribution is -2.47.